The van der Waals surface area contributed by atoms with Crippen LogP contribution in [-0.2, 0) is 0 Å². The summed E-state index contributed by atoms with van der Waals surface area (Å²) in [6.07, 6.45) is 0.929. The number of nitrogens with two attached hydrogens (primary N) is 1. The fourth-order valence-electron chi connectivity index (χ4n) is 1.43. The summed E-state index contributed by atoms with van der Waals surface area (Å²) in [5.41, 5.74) is 8.40. The van der Waals surface area contributed by atoms with E-state index in [2.05, 4.69) is 31.0 Å². The number of rotatable bonds is 4. The molecule has 0 saturated carbocycles. The molecule has 100 valence electrons. The number of hydrogen-bond acceptors (Lipinski definition) is 4. The minimum atomic E-state index is 0.219. The normalized spacial score (nSPS) is 11.4. The highest BCUT2D eigenvalue weighted by Gasteiger charge is 2.16. The average Bonchev–Trinajstić information content (AvgIpc) is 2.21. The van der Waals surface area contributed by atoms with E-state index in [1.54, 1.807) is 0 Å². The topological polar surface area (TPSA) is 61.0 Å². The molecule has 4 nitrogen and oxygen atoms in total. The first-order valence-corrected chi connectivity index (χ1v) is 6.39. The highest BCUT2D eigenvalue weighted by Crippen LogP contribution is 2.23. The first kappa shape index (κ1) is 14.8. The van der Waals surface area contributed by atoms with Crippen LogP contribution in [-0.4, -0.2) is 21.8 Å². The van der Waals surface area contributed by atoms with Crippen molar-refractivity contribution < 1.29 is 4.74 Å². The van der Waals surface area contributed by atoms with Crippen molar-refractivity contribution in [3.63, 3.8) is 0 Å². The van der Waals surface area contributed by atoms with Gasteiger partial charge in [0.1, 0.15) is 4.99 Å². The molecule has 0 unspecified atom stereocenters. The maximum Gasteiger partial charge on any atom is 0.244 e. The fraction of sp³-hybridized carbons (Fsp3) is 0.615. The van der Waals surface area contributed by atoms with Crippen LogP contribution in [0.4, 0.5) is 0 Å². The lowest BCUT2D eigenvalue weighted by Gasteiger charge is -2.19. The molecule has 0 amide bonds. The zero-order valence-corrected chi connectivity index (χ0v) is 12.5. The molecular formula is C13H21N3OS. The highest BCUT2D eigenvalue weighted by molar-refractivity contribution is 7.80. The van der Waals surface area contributed by atoms with Gasteiger partial charge in [0.2, 0.25) is 5.88 Å². The van der Waals surface area contributed by atoms with E-state index in [0.29, 0.717) is 23.0 Å². The van der Waals surface area contributed by atoms with Crippen LogP contribution in [0.1, 0.15) is 44.0 Å². The minimum absolute atomic E-state index is 0.219. The Labute approximate surface area is 114 Å². The van der Waals surface area contributed by atoms with E-state index >= 15 is 0 Å². The van der Waals surface area contributed by atoms with Crippen LogP contribution in [0.3, 0.4) is 0 Å². The lowest BCUT2D eigenvalue weighted by molar-refractivity contribution is 0.234. The van der Waals surface area contributed by atoms with Crippen molar-refractivity contribution in [2.24, 2.45) is 11.1 Å². The molecule has 1 aromatic heterocycles. The SMILES string of the molecule is Cc1nnc(OCCC(C)(C)C)c(C(N)=S)c1C. The van der Waals surface area contributed by atoms with Crippen molar-refractivity contribution in [3.8, 4) is 5.88 Å². The van der Waals surface area contributed by atoms with Gasteiger partial charge in [0.25, 0.3) is 0 Å². The predicted molar refractivity (Wildman–Crippen MR) is 77.0 cm³/mol. The van der Waals surface area contributed by atoms with E-state index < -0.39 is 0 Å². The highest BCUT2D eigenvalue weighted by atomic mass is 32.1. The van der Waals surface area contributed by atoms with Crippen molar-refractivity contribution in [3.05, 3.63) is 16.8 Å². The smallest absolute Gasteiger partial charge is 0.244 e. The summed E-state index contributed by atoms with van der Waals surface area (Å²) >= 11 is 5.05. The Bertz CT molecular complexity index is 452. The lowest BCUT2D eigenvalue weighted by atomic mass is 9.93. The third-order valence-corrected chi connectivity index (χ3v) is 2.96. The van der Waals surface area contributed by atoms with Gasteiger partial charge in [-0.15, -0.1) is 5.10 Å². The second-order valence-electron chi connectivity index (χ2n) is 5.61. The molecule has 1 heterocycles. The Balaban J connectivity index is 2.89. The van der Waals surface area contributed by atoms with Gasteiger partial charge in [-0.2, -0.15) is 5.10 Å². The molecule has 0 spiro atoms. The molecule has 0 aliphatic carbocycles. The van der Waals surface area contributed by atoms with Gasteiger partial charge in [-0.1, -0.05) is 33.0 Å². The molecule has 0 aliphatic heterocycles. The van der Waals surface area contributed by atoms with Gasteiger partial charge < -0.3 is 10.5 Å². The van der Waals surface area contributed by atoms with Crippen molar-refractivity contribution in [1.82, 2.24) is 10.2 Å². The maximum absolute atomic E-state index is 5.73. The number of hydrogen-bond donors (Lipinski definition) is 1. The summed E-state index contributed by atoms with van der Waals surface area (Å²) in [6, 6.07) is 0. The van der Waals surface area contributed by atoms with E-state index in [4.69, 9.17) is 22.7 Å². The van der Waals surface area contributed by atoms with Gasteiger partial charge in [0.15, 0.2) is 0 Å². The molecule has 5 heteroatoms. The van der Waals surface area contributed by atoms with E-state index in [9.17, 15) is 0 Å². The van der Waals surface area contributed by atoms with Gasteiger partial charge in [0, 0.05) is 0 Å². The van der Waals surface area contributed by atoms with Crippen LogP contribution in [0, 0.1) is 19.3 Å². The van der Waals surface area contributed by atoms with Crippen LogP contribution in [0.15, 0.2) is 0 Å². The molecule has 0 fully saturated rings. The van der Waals surface area contributed by atoms with E-state index in [1.807, 2.05) is 13.8 Å². The molecule has 0 aromatic carbocycles. The van der Waals surface area contributed by atoms with Crippen molar-refractivity contribution in [2.75, 3.05) is 6.61 Å². The second kappa shape index (κ2) is 5.61. The summed E-state index contributed by atoms with van der Waals surface area (Å²) in [4.78, 5) is 0.302. The quantitative estimate of drug-likeness (QED) is 0.849. The summed E-state index contributed by atoms with van der Waals surface area (Å²) < 4.78 is 5.67. The first-order valence-electron chi connectivity index (χ1n) is 5.99. The van der Waals surface area contributed by atoms with E-state index in [-0.39, 0.29) is 5.41 Å². The van der Waals surface area contributed by atoms with E-state index in [1.165, 1.54) is 0 Å². The molecule has 0 atom stereocenters. The zero-order valence-electron chi connectivity index (χ0n) is 11.7. The van der Waals surface area contributed by atoms with Gasteiger partial charge in [0.05, 0.1) is 17.9 Å². The predicted octanol–water partition coefficient (Wildman–Crippen LogP) is 2.54. The lowest BCUT2D eigenvalue weighted by Crippen LogP contribution is -2.18. The zero-order chi connectivity index (χ0) is 13.9. The monoisotopic (exact) mass is 267 g/mol. The molecule has 18 heavy (non-hydrogen) atoms. The van der Waals surface area contributed by atoms with E-state index in [0.717, 1.165) is 17.7 Å². The summed E-state index contributed by atoms with van der Waals surface area (Å²) in [5.74, 6) is 0.440. The molecule has 0 bridgehead atoms. The summed E-state index contributed by atoms with van der Waals surface area (Å²) in [5, 5.41) is 8.09. The Morgan fingerprint density at radius 1 is 1.28 bits per heavy atom. The van der Waals surface area contributed by atoms with Crippen molar-refractivity contribution in [2.45, 2.75) is 41.0 Å². The average molecular weight is 267 g/mol. The second-order valence-corrected chi connectivity index (χ2v) is 6.05. The Morgan fingerprint density at radius 2 is 1.89 bits per heavy atom. The largest absolute Gasteiger partial charge is 0.476 e. The van der Waals surface area contributed by atoms with Gasteiger partial charge in [-0.3, -0.25) is 0 Å². The van der Waals surface area contributed by atoms with Gasteiger partial charge in [-0.05, 0) is 31.2 Å². The standard InChI is InChI=1S/C13H21N3OS/c1-8-9(2)15-16-12(10(8)11(14)18)17-7-6-13(3,4)5/h6-7H2,1-5H3,(H2,14,18). The summed E-state index contributed by atoms with van der Waals surface area (Å²) in [6.45, 7) is 10.9. The number of thiocarbonyl (C=S) groups is 1. The number of aryl methyl sites for hydroxylation is 1. The van der Waals surface area contributed by atoms with Crippen molar-refractivity contribution in [1.29, 1.82) is 0 Å². The third-order valence-electron chi connectivity index (χ3n) is 2.76. The Morgan fingerprint density at radius 3 is 2.39 bits per heavy atom. The first-order chi connectivity index (χ1) is 8.22. The third kappa shape index (κ3) is 3.91. The van der Waals surface area contributed by atoms with Crippen LogP contribution in [0.2, 0.25) is 0 Å². The van der Waals surface area contributed by atoms with Crippen molar-refractivity contribution >= 4 is 17.2 Å². The molecule has 0 aliphatic rings. The Hall–Kier alpha value is -1.23. The van der Waals surface area contributed by atoms with Crippen LogP contribution >= 0.6 is 12.2 Å². The summed E-state index contributed by atoms with van der Waals surface area (Å²) in [7, 11) is 0. The maximum atomic E-state index is 5.73. The molecule has 0 radical (unpaired) electrons. The number of nitrogens with zero attached hydrogens (tertiary/aromatic N) is 2. The fourth-order valence-corrected chi connectivity index (χ4v) is 1.67. The van der Waals surface area contributed by atoms with Crippen LogP contribution in [0.25, 0.3) is 0 Å². The number of ether oxygens (including phenoxy) is 1. The minimum Gasteiger partial charge on any atom is -0.476 e. The van der Waals surface area contributed by atoms with Gasteiger partial charge in [-0.25, -0.2) is 0 Å². The van der Waals surface area contributed by atoms with Crippen LogP contribution < -0.4 is 10.5 Å². The van der Waals surface area contributed by atoms with Gasteiger partial charge >= 0.3 is 0 Å². The Kier molecular flexibility index (Phi) is 4.62. The number of aromatic nitrogens is 2. The molecule has 1 aromatic rings. The molecule has 1 rings (SSSR count). The molecule has 2 N–H and O–H groups in total. The molecular weight excluding hydrogens is 246 g/mol. The molecule has 0 saturated heterocycles. The van der Waals surface area contributed by atoms with Crippen LogP contribution in [0.5, 0.6) is 5.88 Å².